The standard InChI is InChI=1S/C9H15NO2/c1-8(12)4-6-10-5-2-3-9(10)7-11/h2-3,5,8,11-12H,4,6-7H2,1H3. The molecule has 0 aromatic carbocycles. The van der Waals surface area contributed by atoms with E-state index >= 15 is 0 Å². The second-order valence-electron chi connectivity index (χ2n) is 2.99. The van der Waals surface area contributed by atoms with Crippen LogP contribution in [0.4, 0.5) is 0 Å². The number of rotatable bonds is 4. The van der Waals surface area contributed by atoms with Crippen LogP contribution in [0.5, 0.6) is 0 Å². The lowest BCUT2D eigenvalue weighted by Gasteiger charge is -2.08. The van der Waals surface area contributed by atoms with Gasteiger partial charge in [0, 0.05) is 18.4 Å². The first-order chi connectivity index (χ1) is 5.74. The Balaban J connectivity index is 2.50. The van der Waals surface area contributed by atoms with Crippen LogP contribution in [0.1, 0.15) is 19.0 Å². The Morgan fingerprint density at radius 2 is 2.33 bits per heavy atom. The predicted octanol–water partition coefficient (Wildman–Crippen LogP) is 0.751. The van der Waals surface area contributed by atoms with E-state index in [1.54, 1.807) is 6.92 Å². The van der Waals surface area contributed by atoms with Crippen LogP contribution in [0.2, 0.25) is 0 Å². The first-order valence-corrected chi connectivity index (χ1v) is 4.17. The van der Waals surface area contributed by atoms with Crippen LogP contribution in [0, 0.1) is 0 Å². The van der Waals surface area contributed by atoms with E-state index in [4.69, 9.17) is 10.2 Å². The summed E-state index contributed by atoms with van der Waals surface area (Å²) in [5, 5.41) is 17.9. The van der Waals surface area contributed by atoms with Crippen molar-refractivity contribution in [1.29, 1.82) is 0 Å². The van der Waals surface area contributed by atoms with Crippen LogP contribution < -0.4 is 0 Å². The molecule has 3 nitrogen and oxygen atoms in total. The number of nitrogens with zero attached hydrogens (tertiary/aromatic N) is 1. The maximum atomic E-state index is 9.04. The molecular formula is C9H15NO2. The third-order valence-electron chi connectivity index (χ3n) is 1.87. The predicted molar refractivity (Wildman–Crippen MR) is 46.7 cm³/mol. The van der Waals surface area contributed by atoms with Gasteiger partial charge in [-0.2, -0.15) is 0 Å². The quantitative estimate of drug-likeness (QED) is 0.698. The Labute approximate surface area is 72.3 Å². The van der Waals surface area contributed by atoms with E-state index in [0.717, 1.165) is 18.7 Å². The molecule has 1 rings (SSSR count). The maximum Gasteiger partial charge on any atom is 0.0832 e. The van der Waals surface area contributed by atoms with Gasteiger partial charge >= 0.3 is 0 Å². The zero-order valence-corrected chi connectivity index (χ0v) is 7.27. The minimum absolute atomic E-state index is 0.0623. The molecule has 1 heterocycles. The number of aromatic nitrogens is 1. The summed E-state index contributed by atoms with van der Waals surface area (Å²) in [6.45, 7) is 2.59. The Hall–Kier alpha value is -0.800. The van der Waals surface area contributed by atoms with Gasteiger partial charge in [0.15, 0.2) is 0 Å². The van der Waals surface area contributed by atoms with Crippen LogP contribution in [-0.2, 0) is 13.2 Å². The summed E-state index contributed by atoms with van der Waals surface area (Å²) < 4.78 is 1.95. The number of aryl methyl sites for hydroxylation is 1. The monoisotopic (exact) mass is 169 g/mol. The fourth-order valence-electron chi connectivity index (χ4n) is 1.14. The lowest BCUT2D eigenvalue weighted by atomic mass is 10.3. The van der Waals surface area contributed by atoms with Crippen LogP contribution in [0.25, 0.3) is 0 Å². The first kappa shape index (κ1) is 9.29. The molecule has 1 aromatic heterocycles. The average Bonchev–Trinajstić information content (AvgIpc) is 2.47. The van der Waals surface area contributed by atoms with Gasteiger partial charge in [-0.1, -0.05) is 0 Å². The van der Waals surface area contributed by atoms with E-state index < -0.39 is 0 Å². The topological polar surface area (TPSA) is 45.4 Å². The molecule has 0 aliphatic rings. The second-order valence-corrected chi connectivity index (χ2v) is 2.99. The molecule has 0 fully saturated rings. The molecule has 2 N–H and O–H groups in total. The van der Waals surface area contributed by atoms with Crippen molar-refractivity contribution in [2.75, 3.05) is 0 Å². The van der Waals surface area contributed by atoms with Crippen molar-refractivity contribution in [1.82, 2.24) is 4.57 Å². The number of hydrogen-bond acceptors (Lipinski definition) is 2. The largest absolute Gasteiger partial charge is 0.393 e. The van der Waals surface area contributed by atoms with Gasteiger partial charge in [-0.15, -0.1) is 0 Å². The fourth-order valence-corrected chi connectivity index (χ4v) is 1.14. The van der Waals surface area contributed by atoms with Crippen molar-refractivity contribution in [3.63, 3.8) is 0 Å². The SMILES string of the molecule is CC(O)CCn1cccc1CO. The molecule has 0 amide bonds. The molecule has 0 aliphatic carbocycles. The fraction of sp³-hybridized carbons (Fsp3) is 0.556. The Bertz CT molecular complexity index is 230. The summed E-state index contributed by atoms with van der Waals surface area (Å²) in [7, 11) is 0. The maximum absolute atomic E-state index is 9.04. The van der Waals surface area contributed by atoms with Gasteiger partial charge in [-0.05, 0) is 25.5 Å². The summed E-state index contributed by atoms with van der Waals surface area (Å²) in [4.78, 5) is 0. The molecule has 0 radical (unpaired) electrons. The van der Waals surface area contributed by atoms with Gasteiger partial charge in [0.2, 0.25) is 0 Å². The van der Waals surface area contributed by atoms with Crippen molar-refractivity contribution in [3.05, 3.63) is 24.0 Å². The van der Waals surface area contributed by atoms with Crippen LogP contribution in [0.3, 0.4) is 0 Å². The van der Waals surface area contributed by atoms with E-state index in [1.807, 2.05) is 22.9 Å². The van der Waals surface area contributed by atoms with E-state index in [9.17, 15) is 0 Å². The van der Waals surface area contributed by atoms with Gasteiger partial charge < -0.3 is 14.8 Å². The molecule has 1 atom stereocenters. The third kappa shape index (κ3) is 2.36. The average molecular weight is 169 g/mol. The second kappa shape index (κ2) is 4.28. The molecule has 0 spiro atoms. The van der Waals surface area contributed by atoms with Crippen molar-refractivity contribution in [2.24, 2.45) is 0 Å². The highest BCUT2D eigenvalue weighted by atomic mass is 16.3. The minimum atomic E-state index is -0.279. The molecule has 1 aromatic rings. The lowest BCUT2D eigenvalue weighted by molar-refractivity contribution is 0.176. The molecule has 1 unspecified atom stereocenters. The molecular weight excluding hydrogens is 154 g/mol. The van der Waals surface area contributed by atoms with Gasteiger partial charge in [0.05, 0.1) is 12.7 Å². The summed E-state index contributed by atoms with van der Waals surface area (Å²) >= 11 is 0. The zero-order valence-electron chi connectivity index (χ0n) is 7.27. The van der Waals surface area contributed by atoms with E-state index in [1.165, 1.54) is 0 Å². The van der Waals surface area contributed by atoms with Crippen LogP contribution in [-0.4, -0.2) is 20.9 Å². The number of aliphatic hydroxyl groups is 2. The lowest BCUT2D eigenvalue weighted by Crippen LogP contribution is -2.08. The normalized spacial score (nSPS) is 13.2. The molecule has 0 saturated carbocycles. The molecule has 68 valence electrons. The molecule has 0 bridgehead atoms. The molecule has 3 heteroatoms. The summed E-state index contributed by atoms with van der Waals surface area (Å²) in [5.41, 5.74) is 0.899. The molecule has 0 saturated heterocycles. The highest BCUT2D eigenvalue weighted by molar-refractivity contribution is 5.05. The Morgan fingerprint density at radius 3 is 2.92 bits per heavy atom. The highest BCUT2D eigenvalue weighted by Crippen LogP contribution is 2.04. The highest BCUT2D eigenvalue weighted by Gasteiger charge is 2.00. The van der Waals surface area contributed by atoms with E-state index in [0.29, 0.717) is 0 Å². The van der Waals surface area contributed by atoms with Crippen molar-refractivity contribution < 1.29 is 10.2 Å². The van der Waals surface area contributed by atoms with Gasteiger partial charge in [0.1, 0.15) is 0 Å². The zero-order chi connectivity index (χ0) is 8.97. The molecule has 0 aliphatic heterocycles. The summed E-state index contributed by atoms with van der Waals surface area (Å²) in [6.07, 6.45) is 2.36. The van der Waals surface area contributed by atoms with Crippen molar-refractivity contribution in [3.8, 4) is 0 Å². The van der Waals surface area contributed by atoms with Gasteiger partial charge in [-0.3, -0.25) is 0 Å². The van der Waals surface area contributed by atoms with Crippen molar-refractivity contribution in [2.45, 2.75) is 32.6 Å². The first-order valence-electron chi connectivity index (χ1n) is 4.17. The molecule has 12 heavy (non-hydrogen) atoms. The minimum Gasteiger partial charge on any atom is -0.393 e. The summed E-state index contributed by atoms with van der Waals surface area (Å²) in [5.74, 6) is 0. The number of aliphatic hydroxyl groups excluding tert-OH is 2. The summed E-state index contributed by atoms with van der Waals surface area (Å²) in [6, 6.07) is 3.77. The van der Waals surface area contributed by atoms with Gasteiger partial charge in [-0.25, -0.2) is 0 Å². The Morgan fingerprint density at radius 1 is 1.58 bits per heavy atom. The smallest absolute Gasteiger partial charge is 0.0832 e. The third-order valence-corrected chi connectivity index (χ3v) is 1.87. The van der Waals surface area contributed by atoms with Gasteiger partial charge in [0.25, 0.3) is 0 Å². The van der Waals surface area contributed by atoms with Crippen molar-refractivity contribution >= 4 is 0 Å². The number of hydrogen-bond donors (Lipinski definition) is 2. The van der Waals surface area contributed by atoms with E-state index in [2.05, 4.69) is 0 Å². The van der Waals surface area contributed by atoms with Crippen LogP contribution >= 0.6 is 0 Å². The Kier molecular flexibility index (Phi) is 3.31. The van der Waals surface area contributed by atoms with Crippen LogP contribution in [0.15, 0.2) is 18.3 Å². The van der Waals surface area contributed by atoms with E-state index in [-0.39, 0.29) is 12.7 Å².